The summed E-state index contributed by atoms with van der Waals surface area (Å²) in [6.45, 7) is 0.252. The number of esters is 1. The Hall–Kier alpha value is -4.66. The molecule has 4 aromatic carbocycles. The fourth-order valence-corrected chi connectivity index (χ4v) is 5.07. The molecule has 1 amide bonds. The Morgan fingerprint density at radius 1 is 0.825 bits per heavy atom. The predicted molar refractivity (Wildman–Crippen MR) is 157 cm³/mol. The number of fused-ring (bicyclic) bond motifs is 1. The maximum absolute atomic E-state index is 12.7. The number of halogens is 1. The van der Waals surface area contributed by atoms with Crippen molar-refractivity contribution in [3.63, 3.8) is 0 Å². The molecule has 7 nitrogen and oxygen atoms in total. The molecule has 0 aliphatic carbocycles. The lowest BCUT2D eigenvalue weighted by Crippen LogP contribution is -2.24. The maximum atomic E-state index is 12.7. The molecule has 0 unspecified atom stereocenters. The van der Waals surface area contributed by atoms with Crippen molar-refractivity contribution >= 4 is 51.1 Å². The van der Waals surface area contributed by atoms with E-state index in [4.69, 9.17) is 25.8 Å². The van der Waals surface area contributed by atoms with Crippen LogP contribution in [0.3, 0.4) is 0 Å². The van der Waals surface area contributed by atoms with Gasteiger partial charge in [0.1, 0.15) is 28.7 Å². The Morgan fingerprint density at radius 3 is 2.33 bits per heavy atom. The zero-order chi connectivity index (χ0) is 27.7. The molecule has 0 fully saturated rings. The third kappa shape index (κ3) is 7.05. The van der Waals surface area contributed by atoms with Gasteiger partial charge in [-0.2, -0.15) is 5.10 Å². The van der Waals surface area contributed by atoms with E-state index in [0.29, 0.717) is 39.3 Å². The fourth-order valence-electron chi connectivity index (χ4n) is 3.69. The highest BCUT2D eigenvalue weighted by atomic mass is 35.5. The zero-order valence-corrected chi connectivity index (χ0v) is 22.7. The average Bonchev–Trinajstić information content (AvgIpc) is 3.33. The van der Waals surface area contributed by atoms with Crippen LogP contribution in [0.25, 0.3) is 10.1 Å². The summed E-state index contributed by atoms with van der Waals surface area (Å²) < 4.78 is 17.7. The standard InChI is InChI=1S/C31H23ClN2O5S/c32-29-26-11-4-5-12-27(26)40-30(29)31(36)39-25-10-6-9-22(17-25)18-33-34-28(35)20-38-24-15-13-23(14-16-24)37-19-21-7-2-1-3-8-21/h1-18H,19-20H2,(H,34,35)/b33-18-. The molecule has 0 aliphatic rings. The largest absolute Gasteiger partial charge is 0.489 e. The zero-order valence-electron chi connectivity index (χ0n) is 21.1. The summed E-state index contributed by atoms with van der Waals surface area (Å²) in [5.41, 5.74) is 4.12. The quantitative estimate of drug-likeness (QED) is 0.0856. The number of hydrogen-bond acceptors (Lipinski definition) is 7. The molecular weight excluding hydrogens is 548 g/mol. The van der Waals surface area contributed by atoms with Crippen LogP contribution in [0.5, 0.6) is 17.2 Å². The SMILES string of the molecule is O=C(COc1ccc(OCc2ccccc2)cc1)N/N=C\c1cccc(OC(=O)c2sc3ccccc3c2Cl)c1. The van der Waals surface area contributed by atoms with Gasteiger partial charge in [-0.3, -0.25) is 4.79 Å². The molecule has 1 aromatic heterocycles. The topological polar surface area (TPSA) is 86.2 Å². The average molecular weight is 571 g/mol. The molecule has 40 heavy (non-hydrogen) atoms. The molecule has 0 atom stereocenters. The second kappa shape index (κ2) is 12.9. The van der Waals surface area contributed by atoms with Crippen molar-refractivity contribution in [3.05, 3.63) is 124 Å². The molecule has 0 saturated heterocycles. The van der Waals surface area contributed by atoms with E-state index in [1.54, 1.807) is 48.5 Å². The number of amides is 1. The van der Waals surface area contributed by atoms with Crippen molar-refractivity contribution in [2.45, 2.75) is 6.61 Å². The van der Waals surface area contributed by atoms with Crippen molar-refractivity contribution < 1.29 is 23.8 Å². The van der Waals surface area contributed by atoms with Gasteiger partial charge in [0, 0.05) is 10.1 Å². The minimum atomic E-state index is -0.540. The second-order valence-electron chi connectivity index (χ2n) is 8.53. The Balaban J connectivity index is 1.08. The van der Waals surface area contributed by atoms with Crippen LogP contribution in [0.4, 0.5) is 0 Å². The molecule has 0 radical (unpaired) electrons. The first-order valence-electron chi connectivity index (χ1n) is 12.3. The van der Waals surface area contributed by atoms with Gasteiger partial charge in [-0.1, -0.05) is 72.3 Å². The van der Waals surface area contributed by atoms with Crippen LogP contribution in [0.2, 0.25) is 5.02 Å². The maximum Gasteiger partial charge on any atom is 0.355 e. The van der Waals surface area contributed by atoms with Gasteiger partial charge in [0.2, 0.25) is 0 Å². The number of rotatable bonds is 10. The summed E-state index contributed by atoms with van der Waals surface area (Å²) in [5.74, 6) is 0.585. The number of carbonyl (C=O) groups is 2. The fraction of sp³-hybridized carbons (Fsp3) is 0.0645. The van der Waals surface area contributed by atoms with Crippen molar-refractivity contribution in [1.82, 2.24) is 5.43 Å². The lowest BCUT2D eigenvalue weighted by molar-refractivity contribution is -0.123. The van der Waals surface area contributed by atoms with Gasteiger partial charge in [-0.15, -0.1) is 11.3 Å². The van der Waals surface area contributed by atoms with Crippen molar-refractivity contribution in [2.24, 2.45) is 5.10 Å². The number of carbonyl (C=O) groups excluding carboxylic acids is 2. The van der Waals surface area contributed by atoms with Crippen molar-refractivity contribution in [2.75, 3.05) is 6.61 Å². The third-order valence-corrected chi connectivity index (χ3v) is 7.29. The summed E-state index contributed by atoms with van der Waals surface area (Å²) in [4.78, 5) is 25.2. The first kappa shape index (κ1) is 26.9. The minimum Gasteiger partial charge on any atom is -0.489 e. The van der Waals surface area contributed by atoms with E-state index in [1.165, 1.54) is 17.6 Å². The van der Waals surface area contributed by atoms with E-state index >= 15 is 0 Å². The molecule has 0 bridgehead atoms. The van der Waals surface area contributed by atoms with Crippen molar-refractivity contribution in [3.8, 4) is 17.2 Å². The van der Waals surface area contributed by atoms with Gasteiger partial charge in [-0.25, -0.2) is 10.2 Å². The van der Waals surface area contributed by atoms with Gasteiger partial charge in [-0.05, 0) is 53.6 Å². The number of benzene rings is 4. The van der Waals surface area contributed by atoms with Gasteiger partial charge in [0.15, 0.2) is 6.61 Å². The van der Waals surface area contributed by atoms with Crippen LogP contribution in [0, 0.1) is 0 Å². The van der Waals surface area contributed by atoms with E-state index in [0.717, 1.165) is 15.6 Å². The number of hydrogen-bond donors (Lipinski definition) is 1. The molecule has 1 N–H and O–H groups in total. The Morgan fingerprint density at radius 2 is 1.55 bits per heavy atom. The molecule has 0 aliphatic heterocycles. The summed E-state index contributed by atoms with van der Waals surface area (Å²) in [5, 5.41) is 5.15. The lowest BCUT2D eigenvalue weighted by Gasteiger charge is -2.08. The van der Waals surface area contributed by atoms with E-state index in [2.05, 4.69) is 10.5 Å². The number of nitrogens with one attached hydrogen (secondary N) is 1. The molecule has 5 aromatic rings. The number of ether oxygens (including phenoxy) is 3. The first-order chi connectivity index (χ1) is 19.5. The summed E-state index contributed by atoms with van der Waals surface area (Å²) in [7, 11) is 0. The molecular formula is C31H23ClN2O5S. The summed E-state index contributed by atoms with van der Waals surface area (Å²) in [6, 6.07) is 31.2. The van der Waals surface area contributed by atoms with Gasteiger partial charge < -0.3 is 14.2 Å². The van der Waals surface area contributed by atoms with Crippen LogP contribution < -0.4 is 19.6 Å². The smallest absolute Gasteiger partial charge is 0.355 e. The molecule has 0 spiro atoms. The van der Waals surface area contributed by atoms with E-state index in [1.807, 2.05) is 54.6 Å². The Kier molecular flexibility index (Phi) is 8.70. The van der Waals surface area contributed by atoms with Gasteiger partial charge in [0.05, 0.1) is 11.2 Å². The van der Waals surface area contributed by atoms with E-state index in [-0.39, 0.29) is 6.61 Å². The first-order valence-corrected chi connectivity index (χ1v) is 13.5. The van der Waals surface area contributed by atoms with Crippen LogP contribution in [-0.4, -0.2) is 24.7 Å². The van der Waals surface area contributed by atoms with Crippen molar-refractivity contribution in [1.29, 1.82) is 0 Å². The third-order valence-electron chi connectivity index (χ3n) is 5.63. The highest BCUT2D eigenvalue weighted by molar-refractivity contribution is 7.21. The van der Waals surface area contributed by atoms with Gasteiger partial charge >= 0.3 is 5.97 Å². The molecule has 0 saturated carbocycles. The van der Waals surface area contributed by atoms with Crippen LogP contribution in [0.15, 0.2) is 108 Å². The molecule has 9 heteroatoms. The van der Waals surface area contributed by atoms with Crippen LogP contribution >= 0.6 is 22.9 Å². The Labute approximate surface area is 239 Å². The monoisotopic (exact) mass is 570 g/mol. The highest BCUT2D eigenvalue weighted by Gasteiger charge is 2.19. The van der Waals surface area contributed by atoms with Crippen LogP contribution in [0.1, 0.15) is 20.8 Å². The molecule has 5 rings (SSSR count). The Bertz CT molecular complexity index is 1650. The van der Waals surface area contributed by atoms with E-state index in [9.17, 15) is 9.59 Å². The van der Waals surface area contributed by atoms with Crippen LogP contribution in [-0.2, 0) is 11.4 Å². The molecule has 1 heterocycles. The van der Waals surface area contributed by atoms with E-state index < -0.39 is 11.9 Å². The highest BCUT2D eigenvalue weighted by Crippen LogP contribution is 2.35. The predicted octanol–water partition coefficient (Wildman–Crippen LogP) is 6.88. The summed E-state index contributed by atoms with van der Waals surface area (Å²) >= 11 is 7.66. The molecule has 200 valence electrons. The normalized spacial score (nSPS) is 10.9. The van der Waals surface area contributed by atoms with Gasteiger partial charge in [0.25, 0.3) is 5.91 Å². The second-order valence-corrected chi connectivity index (χ2v) is 9.96. The minimum absolute atomic E-state index is 0.213. The number of nitrogens with zero attached hydrogens (tertiary/aromatic N) is 1. The number of hydrazone groups is 1. The summed E-state index contributed by atoms with van der Waals surface area (Å²) in [6.07, 6.45) is 1.44. The lowest BCUT2D eigenvalue weighted by atomic mass is 10.2. The number of thiophene rings is 1.